The zero-order valence-electron chi connectivity index (χ0n) is 12.8. The fourth-order valence-corrected chi connectivity index (χ4v) is 2.37. The Balaban J connectivity index is 1.91. The van der Waals surface area contributed by atoms with Crippen LogP contribution in [0.15, 0.2) is 33.5 Å². The Morgan fingerprint density at radius 3 is 2.79 bits per heavy atom. The third-order valence-electron chi connectivity index (χ3n) is 3.43. The topological polar surface area (TPSA) is 125 Å². The number of rotatable bonds is 4. The molecule has 124 valence electrons. The predicted molar refractivity (Wildman–Crippen MR) is 83.7 cm³/mol. The summed E-state index contributed by atoms with van der Waals surface area (Å²) in [5, 5.41) is 17.6. The lowest BCUT2D eigenvalue weighted by Gasteiger charge is -2.05. The van der Waals surface area contributed by atoms with E-state index in [4.69, 9.17) is 4.42 Å². The lowest BCUT2D eigenvalue weighted by molar-refractivity contribution is -0.384. The maximum absolute atomic E-state index is 12.2. The maximum atomic E-state index is 12.2. The first-order valence-electron chi connectivity index (χ1n) is 6.93. The Hall–Kier alpha value is -3.43. The minimum atomic E-state index is -0.762. The normalized spacial score (nSPS) is 10.9. The van der Waals surface area contributed by atoms with Crippen LogP contribution in [-0.4, -0.2) is 25.2 Å². The number of aryl methyl sites for hydroxylation is 2. The van der Waals surface area contributed by atoms with E-state index in [0.717, 1.165) is 10.3 Å². The minimum Gasteiger partial charge on any atom is -0.408 e. The van der Waals surface area contributed by atoms with Gasteiger partial charge in [0, 0.05) is 25.2 Å². The van der Waals surface area contributed by atoms with Crippen molar-refractivity contribution in [3.05, 3.63) is 50.6 Å². The number of hydrogen-bond acceptors (Lipinski definition) is 6. The SMILES string of the molecule is Cc1cc(NC(=O)Cn2c(=O)oc3ccc([N+](=O)[O-])cc32)n(C)n1. The molecule has 0 bridgehead atoms. The van der Waals surface area contributed by atoms with Gasteiger partial charge in [-0.2, -0.15) is 5.10 Å². The van der Waals surface area contributed by atoms with Crippen LogP contribution in [0, 0.1) is 17.0 Å². The van der Waals surface area contributed by atoms with Crippen molar-refractivity contribution in [2.45, 2.75) is 13.5 Å². The van der Waals surface area contributed by atoms with Crippen LogP contribution in [0.4, 0.5) is 11.5 Å². The fraction of sp³-hybridized carbons (Fsp3) is 0.214. The van der Waals surface area contributed by atoms with E-state index in [0.29, 0.717) is 5.82 Å². The molecule has 3 rings (SSSR count). The first-order chi connectivity index (χ1) is 11.3. The summed E-state index contributed by atoms with van der Waals surface area (Å²) in [7, 11) is 1.67. The van der Waals surface area contributed by atoms with Gasteiger partial charge in [0.25, 0.3) is 5.69 Å². The van der Waals surface area contributed by atoms with Gasteiger partial charge in [0.2, 0.25) is 5.91 Å². The number of nitro groups is 1. The van der Waals surface area contributed by atoms with E-state index in [1.54, 1.807) is 20.0 Å². The number of carbonyl (C=O) groups is 1. The summed E-state index contributed by atoms with van der Waals surface area (Å²) < 4.78 is 7.54. The van der Waals surface area contributed by atoms with E-state index in [9.17, 15) is 19.7 Å². The number of hydrogen-bond donors (Lipinski definition) is 1. The molecule has 0 spiro atoms. The van der Waals surface area contributed by atoms with Gasteiger partial charge >= 0.3 is 5.76 Å². The Morgan fingerprint density at radius 2 is 2.17 bits per heavy atom. The van der Waals surface area contributed by atoms with Gasteiger partial charge < -0.3 is 9.73 Å². The van der Waals surface area contributed by atoms with Crippen molar-refractivity contribution in [2.75, 3.05) is 5.32 Å². The van der Waals surface area contributed by atoms with Crippen molar-refractivity contribution < 1.29 is 14.1 Å². The average Bonchev–Trinajstić information content (AvgIpc) is 2.98. The molecule has 0 unspecified atom stereocenters. The lowest BCUT2D eigenvalue weighted by atomic mass is 10.3. The quantitative estimate of drug-likeness (QED) is 0.565. The van der Waals surface area contributed by atoms with Crippen LogP contribution in [0.1, 0.15) is 5.69 Å². The summed E-state index contributed by atoms with van der Waals surface area (Å²) in [6.45, 7) is 1.44. The monoisotopic (exact) mass is 331 g/mol. The molecule has 2 aromatic heterocycles. The lowest BCUT2D eigenvalue weighted by Crippen LogP contribution is -2.25. The fourth-order valence-electron chi connectivity index (χ4n) is 2.37. The summed E-state index contributed by atoms with van der Waals surface area (Å²) in [5.74, 6) is -0.763. The number of fused-ring (bicyclic) bond motifs is 1. The third-order valence-corrected chi connectivity index (χ3v) is 3.43. The smallest absolute Gasteiger partial charge is 0.408 e. The van der Waals surface area contributed by atoms with Crippen LogP contribution in [0.2, 0.25) is 0 Å². The van der Waals surface area contributed by atoms with Crippen molar-refractivity contribution in [3.63, 3.8) is 0 Å². The predicted octanol–water partition coefficient (Wildman–Crippen LogP) is 1.18. The van der Waals surface area contributed by atoms with Crippen molar-refractivity contribution in [2.24, 2.45) is 7.05 Å². The number of anilines is 1. The van der Waals surface area contributed by atoms with Crippen LogP contribution in [-0.2, 0) is 18.4 Å². The van der Waals surface area contributed by atoms with Gasteiger partial charge in [-0.1, -0.05) is 0 Å². The first kappa shape index (κ1) is 15.5. The number of nitro benzene ring substituents is 1. The summed E-state index contributed by atoms with van der Waals surface area (Å²) in [5.41, 5.74) is 0.898. The molecule has 3 aromatic rings. The molecular weight excluding hydrogens is 318 g/mol. The molecule has 0 saturated heterocycles. The Kier molecular flexibility index (Phi) is 3.64. The summed E-state index contributed by atoms with van der Waals surface area (Å²) in [6, 6.07) is 5.43. The molecule has 2 heterocycles. The molecule has 0 aliphatic carbocycles. The van der Waals surface area contributed by atoms with Gasteiger partial charge in [-0.05, 0) is 13.0 Å². The van der Waals surface area contributed by atoms with Crippen LogP contribution in [0.25, 0.3) is 11.1 Å². The first-order valence-corrected chi connectivity index (χ1v) is 6.93. The maximum Gasteiger partial charge on any atom is 0.420 e. The molecule has 1 N–H and O–H groups in total. The molecule has 0 aliphatic heterocycles. The van der Waals surface area contributed by atoms with Gasteiger partial charge in [-0.25, -0.2) is 4.79 Å². The number of amides is 1. The van der Waals surface area contributed by atoms with Crippen LogP contribution in [0.5, 0.6) is 0 Å². The number of carbonyl (C=O) groups excluding carboxylic acids is 1. The Labute approximate surface area is 134 Å². The second-order valence-electron chi connectivity index (χ2n) is 5.21. The van der Waals surface area contributed by atoms with E-state index >= 15 is 0 Å². The minimum absolute atomic E-state index is 0.176. The summed E-state index contributed by atoms with van der Waals surface area (Å²) in [6.07, 6.45) is 0. The van der Waals surface area contributed by atoms with Gasteiger partial charge in [0.15, 0.2) is 5.58 Å². The van der Waals surface area contributed by atoms with Crippen LogP contribution < -0.4 is 11.1 Å². The van der Waals surface area contributed by atoms with Crippen molar-refractivity contribution >= 4 is 28.5 Å². The zero-order chi connectivity index (χ0) is 17.4. The van der Waals surface area contributed by atoms with E-state index in [1.807, 2.05) is 0 Å². The Morgan fingerprint density at radius 1 is 1.42 bits per heavy atom. The standard InChI is InChI=1S/C14H13N5O5/c1-8-5-12(17(2)16-8)15-13(20)7-18-10-6-9(19(22)23)3-4-11(10)24-14(18)21/h3-6H,7H2,1-2H3,(H,15,20). The molecule has 0 radical (unpaired) electrons. The molecule has 10 nitrogen and oxygen atoms in total. The number of non-ortho nitro benzene ring substituents is 1. The van der Waals surface area contributed by atoms with Crippen LogP contribution >= 0.6 is 0 Å². The van der Waals surface area contributed by atoms with Gasteiger partial charge in [-0.15, -0.1) is 0 Å². The van der Waals surface area contributed by atoms with Gasteiger partial charge in [0.1, 0.15) is 12.4 Å². The third kappa shape index (κ3) is 2.76. The second kappa shape index (κ2) is 5.65. The number of oxazole rings is 1. The van der Waals surface area contributed by atoms with E-state index < -0.39 is 16.6 Å². The average molecular weight is 331 g/mol. The highest BCUT2D eigenvalue weighted by Gasteiger charge is 2.17. The number of nitrogens with zero attached hydrogens (tertiary/aromatic N) is 4. The molecule has 0 atom stereocenters. The summed E-state index contributed by atoms with van der Waals surface area (Å²) in [4.78, 5) is 34.4. The number of benzene rings is 1. The van der Waals surface area contributed by atoms with Gasteiger partial charge in [0.05, 0.1) is 16.1 Å². The molecule has 10 heteroatoms. The van der Waals surface area contributed by atoms with Gasteiger partial charge in [-0.3, -0.25) is 24.2 Å². The van der Waals surface area contributed by atoms with Crippen molar-refractivity contribution in [1.82, 2.24) is 14.3 Å². The van der Waals surface area contributed by atoms with E-state index in [2.05, 4.69) is 10.4 Å². The molecule has 0 fully saturated rings. The molecule has 1 aromatic carbocycles. The van der Waals surface area contributed by atoms with Crippen molar-refractivity contribution in [3.8, 4) is 0 Å². The molecule has 24 heavy (non-hydrogen) atoms. The highest BCUT2D eigenvalue weighted by molar-refractivity contribution is 5.90. The van der Waals surface area contributed by atoms with E-state index in [1.165, 1.54) is 22.9 Å². The van der Waals surface area contributed by atoms with Crippen molar-refractivity contribution in [1.29, 1.82) is 0 Å². The highest BCUT2D eigenvalue weighted by atomic mass is 16.6. The highest BCUT2D eigenvalue weighted by Crippen LogP contribution is 2.20. The molecule has 1 amide bonds. The Bertz CT molecular complexity index is 1010. The molecule has 0 aliphatic rings. The molecular formula is C14H13N5O5. The second-order valence-corrected chi connectivity index (χ2v) is 5.21. The van der Waals surface area contributed by atoms with Crippen LogP contribution in [0.3, 0.4) is 0 Å². The zero-order valence-corrected chi connectivity index (χ0v) is 12.8. The summed E-state index contributed by atoms with van der Waals surface area (Å²) >= 11 is 0. The van der Waals surface area contributed by atoms with E-state index in [-0.39, 0.29) is 23.3 Å². The largest absolute Gasteiger partial charge is 0.420 e. The number of aromatic nitrogens is 3. The number of nitrogens with one attached hydrogen (secondary N) is 1. The molecule has 0 saturated carbocycles.